The Labute approximate surface area is 104 Å². The summed E-state index contributed by atoms with van der Waals surface area (Å²) in [7, 11) is 3.27. The summed E-state index contributed by atoms with van der Waals surface area (Å²) in [5.41, 5.74) is 0.297. The highest BCUT2D eigenvalue weighted by molar-refractivity contribution is 5.73. The van der Waals surface area contributed by atoms with Crippen LogP contribution in [-0.4, -0.2) is 48.0 Å². The Kier molecular flexibility index (Phi) is 4.85. The fraction of sp³-hybridized carbons (Fsp3) is 0.400. The van der Waals surface area contributed by atoms with Crippen molar-refractivity contribution in [3.8, 4) is 0 Å². The van der Waals surface area contributed by atoms with Crippen LogP contribution in [0.15, 0.2) is 18.5 Å². The van der Waals surface area contributed by atoms with Gasteiger partial charge in [-0.25, -0.2) is 4.79 Å². The van der Waals surface area contributed by atoms with Crippen molar-refractivity contribution in [2.24, 2.45) is 0 Å². The largest absolute Gasteiger partial charge is 0.378 e. The van der Waals surface area contributed by atoms with E-state index in [1.165, 1.54) is 23.4 Å². The number of carbonyl (C=O) groups excluding carboxylic acids is 1. The van der Waals surface area contributed by atoms with Crippen molar-refractivity contribution in [1.82, 2.24) is 15.2 Å². The molecule has 2 N–H and O–H groups in total. The van der Waals surface area contributed by atoms with E-state index in [2.05, 4.69) is 15.6 Å². The van der Waals surface area contributed by atoms with Crippen LogP contribution in [0.5, 0.6) is 0 Å². The van der Waals surface area contributed by atoms with Gasteiger partial charge < -0.3 is 15.5 Å². The van der Waals surface area contributed by atoms with E-state index in [0.717, 1.165) is 0 Å². The Morgan fingerprint density at radius 1 is 1.50 bits per heavy atom. The summed E-state index contributed by atoms with van der Waals surface area (Å²) in [4.78, 5) is 26.5. The Morgan fingerprint density at radius 2 is 2.22 bits per heavy atom. The van der Waals surface area contributed by atoms with Gasteiger partial charge >= 0.3 is 11.7 Å². The van der Waals surface area contributed by atoms with E-state index in [1.54, 1.807) is 14.1 Å². The van der Waals surface area contributed by atoms with E-state index in [-0.39, 0.29) is 11.7 Å². The summed E-state index contributed by atoms with van der Waals surface area (Å²) in [6, 6.07) is 1.31. The zero-order valence-corrected chi connectivity index (χ0v) is 10.2. The quantitative estimate of drug-likeness (QED) is 0.456. The number of hydrogen-bond acceptors (Lipinski definition) is 5. The second-order valence-corrected chi connectivity index (χ2v) is 3.70. The van der Waals surface area contributed by atoms with Crippen LogP contribution in [-0.2, 0) is 0 Å². The maximum Gasteiger partial charge on any atom is 0.316 e. The van der Waals surface area contributed by atoms with Gasteiger partial charge in [-0.1, -0.05) is 0 Å². The number of amides is 2. The molecule has 98 valence electrons. The summed E-state index contributed by atoms with van der Waals surface area (Å²) in [5, 5.41) is 16.2. The molecule has 1 aromatic heterocycles. The molecule has 0 atom stereocenters. The smallest absolute Gasteiger partial charge is 0.316 e. The molecule has 2 amide bonds. The lowest BCUT2D eigenvalue weighted by atomic mass is 10.3. The highest BCUT2D eigenvalue weighted by Crippen LogP contribution is 2.21. The van der Waals surface area contributed by atoms with Gasteiger partial charge in [-0.3, -0.25) is 15.1 Å². The summed E-state index contributed by atoms with van der Waals surface area (Å²) >= 11 is 0. The van der Waals surface area contributed by atoms with Crippen molar-refractivity contribution in [2.75, 3.05) is 32.5 Å². The van der Waals surface area contributed by atoms with Crippen molar-refractivity contribution >= 4 is 17.4 Å². The van der Waals surface area contributed by atoms with E-state index >= 15 is 0 Å². The zero-order chi connectivity index (χ0) is 13.5. The molecule has 0 aliphatic carbocycles. The second-order valence-electron chi connectivity index (χ2n) is 3.70. The van der Waals surface area contributed by atoms with E-state index in [9.17, 15) is 14.9 Å². The number of urea groups is 1. The van der Waals surface area contributed by atoms with Crippen molar-refractivity contribution in [2.45, 2.75) is 0 Å². The molecular weight excluding hydrogens is 238 g/mol. The molecule has 1 rings (SSSR count). The SMILES string of the molecule is CN(C)C(=O)NCCNc1ccncc1[N+](=O)[O-]. The van der Waals surface area contributed by atoms with Gasteiger partial charge in [0.15, 0.2) is 0 Å². The topological polar surface area (TPSA) is 100 Å². The van der Waals surface area contributed by atoms with E-state index in [0.29, 0.717) is 18.8 Å². The molecule has 0 radical (unpaired) electrons. The van der Waals surface area contributed by atoms with Gasteiger partial charge in [0.1, 0.15) is 11.9 Å². The highest BCUT2D eigenvalue weighted by Gasteiger charge is 2.12. The van der Waals surface area contributed by atoms with Crippen molar-refractivity contribution in [3.63, 3.8) is 0 Å². The Bertz CT molecular complexity index is 435. The first kappa shape index (κ1) is 13.7. The van der Waals surface area contributed by atoms with Crippen LogP contribution in [0.1, 0.15) is 0 Å². The Hall–Kier alpha value is -2.38. The number of nitrogens with one attached hydrogen (secondary N) is 2. The van der Waals surface area contributed by atoms with Crippen LogP contribution in [0.4, 0.5) is 16.2 Å². The molecular formula is C10H15N5O3. The van der Waals surface area contributed by atoms with Gasteiger partial charge in [-0.15, -0.1) is 0 Å². The number of carbonyl (C=O) groups is 1. The Morgan fingerprint density at radius 3 is 2.83 bits per heavy atom. The molecule has 8 heteroatoms. The maximum atomic E-state index is 11.2. The molecule has 0 bridgehead atoms. The average Bonchev–Trinajstić information content (AvgIpc) is 2.34. The molecule has 0 spiro atoms. The molecule has 0 aliphatic rings. The van der Waals surface area contributed by atoms with Crippen LogP contribution < -0.4 is 10.6 Å². The summed E-state index contributed by atoms with van der Waals surface area (Å²) in [6.07, 6.45) is 2.65. The first-order valence-electron chi connectivity index (χ1n) is 5.30. The van der Waals surface area contributed by atoms with Gasteiger partial charge in [-0.05, 0) is 6.07 Å². The number of aromatic nitrogens is 1. The summed E-state index contributed by atoms with van der Waals surface area (Å²) in [5.74, 6) is 0. The summed E-state index contributed by atoms with van der Waals surface area (Å²) < 4.78 is 0. The maximum absolute atomic E-state index is 11.2. The number of nitro groups is 1. The minimum absolute atomic E-state index is 0.0866. The Balaban J connectivity index is 2.45. The highest BCUT2D eigenvalue weighted by atomic mass is 16.6. The van der Waals surface area contributed by atoms with Gasteiger partial charge in [0.25, 0.3) is 0 Å². The zero-order valence-electron chi connectivity index (χ0n) is 10.2. The van der Waals surface area contributed by atoms with Crippen molar-refractivity contribution < 1.29 is 9.72 Å². The monoisotopic (exact) mass is 253 g/mol. The van der Waals surface area contributed by atoms with Crippen LogP contribution in [0.25, 0.3) is 0 Å². The minimum atomic E-state index is -0.506. The van der Waals surface area contributed by atoms with Crippen LogP contribution in [0, 0.1) is 10.1 Å². The third-order valence-corrected chi connectivity index (χ3v) is 2.12. The lowest BCUT2D eigenvalue weighted by molar-refractivity contribution is -0.384. The molecule has 1 aromatic rings. The van der Waals surface area contributed by atoms with Crippen LogP contribution in [0.2, 0.25) is 0 Å². The molecule has 0 saturated carbocycles. The standard InChI is InChI=1S/C10H15N5O3/c1-14(2)10(16)13-6-5-12-8-3-4-11-7-9(8)15(17)18/h3-4,7H,5-6H2,1-2H3,(H,11,12)(H,13,16). The fourth-order valence-electron chi connectivity index (χ4n) is 1.21. The molecule has 0 fully saturated rings. The number of rotatable bonds is 5. The number of nitrogens with zero attached hydrogens (tertiary/aromatic N) is 3. The predicted octanol–water partition coefficient (Wildman–Crippen LogP) is 0.673. The molecule has 0 saturated heterocycles. The number of anilines is 1. The fourth-order valence-corrected chi connectivity index (χ4v) is 1.21. The molecule has 8 nitrogen and oxygen atoms in total. The van der Waals surface area contributed by atoms with Gasteiger partial charge in [0.05, 0.1) is 4.92 Å². The first-order valence-corrected chi connectivity index (χ1v) is 5.30. The third kappa shape index (κ3) is 3.89. The van der Waals surface area contributed by atoms with Gasteiger partial charge in [0, 0.05) is 33.4 Å². The lowest BCUT2D eigenvalue weighted by Gasteiger charge is -2.12. The van der Waals surface area contributed by atoms with E-state index in [4.69, 9.17) is 0 Å². The normalized spacial score (nSPS) is 9.67. The van der Waals surface area contributed by atoms with Gasteiger partial charge in [-0.2, -0.15) is 0 Å². The molecule has 18 heavy (non-hydrogen) atoms. The third-order valence-electron chi connectivity index (χ3n) is 2.12. The first-order chi connectivity index (χ1) is 8.52. The average molecular weight is 253 g/mol. The van der Waals surface area contributed by atoms with E-state index < -0.39 is 4.92 Å². The van der Waals surface area contributed by atoms with Crippen molar-refractivity contribution in [1.29, 1.82) is 0 Å². The van der Waals surface area contributed by atoms with Crippen LogP contribution >= 0.6 is 0 Å². The summed E-state index contributed by atoms with van der Waals surface area (Å²) in [6.45, 7) is 0.765. The van der Waals surface area contributed by atoms with Crippen molar-refractivity contribution in [3.05, 3.63) is 28.6 Å². The minimum Gasteiger partial charge on any atom is -0.378 e. The molecule has 1 heterocycles. The molecule has 0 aliphatic heterocycles. The van der Waals surface area contributed by atoms with Gasteiger partial charge in [0.2, 0.25) is 0 Å². The molecule has 0 unspecified atom stereocenters. The van der Waals surface area contributed by atoms with Crippen LogP contribution in [0.3, 0.4) is 0 Å². The molecule has 0 aromatic carbocycles. The second kappa shape index (κ2) is 6.38. The number of pyridine rings is 1. The lowest BCUT2D eigenvalue weighted by Crippen LogP contribution is -2.37. The number of hydrogen-bond donors (Lipinski definition) is 2. The van der Waals surface area contributed by atoms with E-state index in [1.807, 2.05) is 0 Å². The predicted molar refractivity (Wildman–Crippen MR) is 66.5 cm³/mol.